The molecule has 0 saturated carbocycles. The molecular weight excluding hydrogens is 484 g/mol. The summed E-state index contributed by atoms with van der Waals surface area (Å²) in [6, 6.07) is 6.38. The molecule has 0 bridgehead atoms. The number of benzene rings is 1. The second-order valence-corrected chi connectivity index (χ2v) is 8.25. The van der Waals surface area contributed by atoms with E-state index in [-0.39, 0.29) is 43.2 Å². The number of nitrogens with two attached hydrogens (primary N) is 1. The van der Waals surface area contributed by atoms with E-state index in [0.717, 1.165) is 17.7 Å². The molecule has 2 aromatic rings. The first-order valence-electron chi connectivity index (χ1n) is 11.0. The molecule has 0 spiro atoms. The molecule has 0 aliphatic carbocycles. The molecule has 4 rings (SSSR count). The van der Waals surface area contributed by atoms with Gasteiger partial charge < -0.3 is 20.1 Å². The van der Waals surface area contributed by atoms with Crippen LogP contribution in [0.25, 0.3) is 5.57 Å². The molecule has 12 heteroatoms. The van der Waals surface area contributed by atoms with E-state index in [2.05, 4.69) is 14.7 Å². The van der Waals surface area contributed by atoms with Crippen LogP contribution in [0.4, 0.5) is 17.6 Å². The number of aromatic nitrogens is 1. The van der Waals surface area contributed by atoms with Crippen molar-refractivity contribution < 1.29 is 36.6 Å². The zero-order valence-electron chi connectivity index (χ0n) is 18.9. The predicted octanol–water partition coefficient (Wildman–Crippen LogP) is 3.11. The Hall–Kier alpha value is -3.96. The first-order chi connectivity index (χ1) is 17.1. The fourth-order valence-corrected chi connectivity index (χ4v) is 3.91. The highest BCUT2D eigenvalue weighted by atomic mass is 19.4. The van der Waals surface area contributed by atoms with Gasteiger partial charge in [0.05, 0.1) is 37.0 Å². The average Bonchev–Trinajstić information content (AvgIpc) is 3.36. The number of pyridine rings is 1. The summed E-state index contributed by atoms with van der Waals surface area (Å²) in [5.41, 5.74) is 7.24. The standard InChI is InChI=1S/C24H22F4N4O4/c25-18-13-32(22(33)9-14-1-3-16(4-2-14)36-24(26,27)28)8-6-20(18)35-21-12-31-19(10-17(21)23(29)34)15-5-7-30-11-15/h1-5,10-12,18,20H,6-9,13H2,(H2,29,34)/t18-,20-/m0/s1. The van der Waals surface area contributed by atoms with Gasteiger partial charge in [0.15, 0.2) is 11.9 Å². The van der Waals surface area contributed by atoms with Gasteiger partial charge in [-0.1, -0.05) is 18.2 Å². The summed E-state index contributed by atoms with van der Waals surface area (Å²) in [6.07, 6.45) is -2.45. The Labute approximate surface area is 203 Å². The van der Waals surface area contributed by atoms with Crippen molar-refractivity contribution in [3.63, 3.8) is 0 Å². The van der Waals surface area contributed by atoms with Crippen LogP contribution in [0.5, 0.6) is 11.5 Å². The van der Waals surface area contributed by atoms with Crippen LogP contribution in [-0.2, 0) is 11.2 Å². The van der Waals surface area contributed by atoms with Crippen molar-refractivity contribution in [2.24, 2.45) is 10.7 Å². The summed E-state index contributed by atoms with van der Waals surface area (Å²) >= 11 is 0. The van der Waals surface area contributed by atoms with Crippen LogP contribution in [0.2, 0.25) is 0 Å². The van der Waals surface area contributed by atoms with E-state index in [0.29, 0.717) is 17.8 Å². The molecule has 2 aliphatic rings. The van der Waals surface area contributed by atoms with E-state index < -0.39 is 30.3 Å². The molecule has 8 nitrogen and oxygen atoms in total. The van der Waals surface area contributed by atoms with Crippen molar-refractivity contribution in [3.05, 3.63) is 59.4 Å². The normalized spacial score (nSPS) is 19.7. The van der Waals surface area contributed by atoms with Crippen molar-refractivity contribution in [2.75, 3.05) is 19.6 Å². The van der Waals surface area contributed by atoms with Gasteiger partial charge in [-0.15, -0.1) is 13.2 Å². The molecule has 1 aromatic carbocycles. The molecule has 0 unspecified atom stereocenters. The third kappa shape index (κ3) is 6.18. The zero-order valence-corrected chi connectivity index (χ0v) is 18.9. The Morgan fingerprint density at radius 2 is 1.94 bits per heavy atom. The van der Waals surface area contributed by atoms with E-state index >= 15 is 0 Å². The first-order valence-corrected chi connectivity index (χ1v) is 11.0. The Morgan fingerprint density at radius 3 is 2.56 bits per heavy atom. The van der Waals surface area contributed by atoms with Gasteiger partial charge in [-0.25, -0.2) is 4.39 Å². The number of hydrogen-bond acceptors (Lipinski definition) is 6. The molecule has 3 heterocycles. The molecular formula is C24H22F4N4O4. The number of piperidine rings is 1. The van der Waals surface area contributed by atoms with Crippen LogP contribution in [0, 0.1) is 0 Å². The number of allylic oxidation sites excluding steroid dienone is 1. The van der Waals surface area contributed by atoms with Crippen LogP contribution >= 0.6 is 0 Å². The second-order valence-electron chi connectivity index (χ2n) is 8.25. The quantitative estimate of drug-likeness (QED) is 0.581. The van der Waals surface area contributed by atoms with Crippen molar-refractivity contribution in [2.45, 2.75) is 31.5 Å². The minimum Gasteiger partial charge on any atom is -0.485 e. The van der Waals surface area contributed by atoms with E-state index in [4.69, 9.17) is 10.5 Å². The summed E-state index contributed by atoms with van der Waals surface area (Å²) in [4.78, 5) is 34.2. The van der Waals surface area contributed by atoms with Gasteiger partial charge >= 0.3 is 6.36 Å². The average molecular weight is 506 g/mol. The third-order valence-electron chi connectivity index (χ3n) is 5.70. The van der Waals surface area contributed by atoms with Gasteiger partial charge in [0.2, 0.25) is 5.91 Å². The number of nitrogens with zero attached hydrogens (tertiary/aromatic N) is 3. The van der Waals surface area contributed by atoms with Gasteiger partial charge in [-0.3, -0.25) is 19.6 Å². The van der Waals surface area contributed by atoms with Gasteiger partial charge in [0.1, 0.15) is 11.9 Å². The van der Waals surface area contributed by atoms with E-state index in [1.807, 2.05) is 6.08 Å². The van der Waals surface area contributed by atoms with E-state index in [1.54, 1.807) is 6.21 Å². The molecule has 1 fully saturated rings. The molecule has 0 radical (unpaired) electrons. The number of ether oxygens (including phenoxy) is 2. The molecule has 1 saturated heterocycles. The summed E-state index contributed by atoms with van der Waals surface area (Å²) in [5.74, 6) is -1.48. The van der Waals surface area contributed by atoms with Gasteiger partial charge in [-0.2, -0.15) is 0 Å². The van der Waals surface area contributed by atoms with Crippen molar-refractivity contribution >= 4 is 23.6 Å². The highest BCUT2D eigenvalue weighted by Crippen LogP contribution is 2.27. The summed E-state index contributed by atoms with van der Waals surface area (Å²) < 4.78 is 61.3. The number of alkyl halides is 4. The number of aliphatic imine (C=N–C) groups is 1. The van der Waals surface area contributed by atoms with Gasteiger partial charge in [-0.05, 0) is 23.8 Å². The van der Waals surface area contributed by atoms with Crippen LogP contribution < -0.4 is 15.2 Å². The number of primary amides is 1. The van der Waals surface area contributed by atoms with E-state index in [1.165, 1.54) is 29.3 Å². The zero-order chi connectivity index (χ0) is 25.9. The minimum atomic E-state index is -4.81. The summed E-state index contributed by atoms with van der Waals surface area (Å²) in [6.45, 7) is 0.471. The maximum atomic E-state index is 14.9. The van der Waals surface area contributed by atoms with Crippen molar-refractivity contribution in [1.29, 1.82) is 0 Å². The molecule has 36 heavy (non-hydrogen) atoms. The summed E-state index contributed by atoms with van der Waals surface area (Å²) in [7, 11) is 0. The van der Waals surface area contributed by atoms with Crippen LogP contribution in [0.3, 0.4) is 0 Å². The smallest absolute Gasteiger partial charge is 0.485 e. The van der Waals surface area contributed by atoms with Crippen LogP contribution in [0.15, 0.2) is 47.6 Å². The number of carbonyl (C=O) groups excluding carboxylic acids is 2. The topological polar surface area (TPSA) is 107 Å². The fourth-order valence-electron chi connectivity index (χ4n) is 3.91. The highest BCUT2D eigenvalue weighted by molar-refractivity contribution is 6.11. The minimum absolute atomic E-state index is 0.0513. The predicted molar refractivity (Wildman–Crippen MR) is 121 cm³/mol. The number of rotatable bonds is 7. The van der Waals surface area contributed by atoms with Crippen LogP contribution in [0.1, 0.15) is 28.0 Å². The Kier molecular flexibility index (Phi) is 7.22. The third-order valence-corrected chi connectivity index (χ3v) is 5.70. The number of carbonyl (C=O) groups is 2. The largest absolute Gasteiger partial charge is 0.573 e. The Morgan fingerprint density at radius 1 is 1.19 bits per heavy atom. The number of likely N-dealkylation sites (tertiary alicyclic amines) is 1. The molecule has 190 valence electrons. The SMILES string of the molecule is NC(=O)c1cc(C2=CCN=C2)ncc1O[C@H]1CCN(C(=O)Cc2ccc(OC(F)(F)F)cc2)C[C@@H]1F. The molecule has 2 atom stereocenters. The lowest BCUT2D eigenvalue weighted by molar-refractivity contribution is -0.274. The number of halogens is 4. The Balaban J connectivity index is 1.35. The van der Waals surface area contributed by atoms with E-state index in [9.17, 15) is 27.2 Å². The maximum Gasteiger partial charge on any atom is 0.573 e. The highest BCUT2D eigenvalue weighted by Gasteiger charge is 2.34. The lowest BCUT2D eigenvalue weighted by atomic mass is 10.0. The van der Waals surface area contributed by atoms with Gasteiger partial charge in [0.25, 0.3) is 5.91 Å². The molecule has 2 aliphatic heterocycles. The molecule has 2 amide bonds. The second kappa shape index (κ2) is 10.3. The van der Waals surface area contributed by atoms with Crippen molar-refractivity contribution in [1.82, 2.24) is 9.88 Å². The fraction of sp³-hybridized carbons (Fsp3) is 0.333. The number of amides is 2. The Bertz CT molecular complexity index is 1200. The lowest BCUT2D eigenvalue weighted by Gasteiger charge is -2.35. The number of hydrogen-bond donors (Lipinski definition) is 1. The molecule has 2 N–H and O–H groups in total. The van der Waals surface area contributed by atoms with Crippen LogP contribution in [-0.4, -0.2) is 66.2 Å². The summed E-state index contributed by atoms with van der Waals surface area (Å²) in [5, 5.41) is 0. The molecule has 1 aromatic heterocycles. The maximum absolute atomic E-state index is 14.9. The van der Waals surface area contributed by atoms with Gasteiger partial charge in [0, 0.05) is 24.8 Å². The lowest BCUT2D eigenvalue weighted by Crippen LogP contribution is -2.49. The first kappa shape index (κ1) is 25.1. The monoisotopic (exact) mass is 506 g/mol. The van der Waals surface area contributed by atoms with Crippen molar-refractivity contribution in [3.8, 4) is 11.5 Å².